The molecule has 186 valence electrons. The van der Waals surface area contributed by atoms with Gasteiger partial charge in [0.25, 0.3) is 11.5 Å². The van der Waals surface area contributed by atoms with Gasteiger partial charge >= 0.3 is 5.97 Å². The number of benzene rings is 2. The van der Waals surface area contributed by atoms with Gasteiger partial charge in [0.2, 0.25) is 0 Å². The van der Waals surface area contributed by atoms with Crippen molar-refractivity contribution in [1.29, 1.82) is 0 Å². The number of pyridine rings is 1. The highest BCUT2D eigenvalue weighted by molar-refractivity contribution is 6.30. The van der Waals surface area contributed by atoms with Crippen molar-refractivity contribution in [3.05, 3.63) is 98.4 Å². The van der Waals surface area contributed by atoms with Crippen LogP contribution in [0.4, 0.5) is 0 Å². The lowest BCUT2D eigenvalue weighted by Crippen LogP contribution is -2.46. The van der Waals surface area contributed by atoms with Crippen LogP contribution in [0.3, 0.4) is 0 Å². The highest BCUT2D eigenvalue weighted by Crippen LogP contribution is 2.35. The average Bonchev–Trinajstić information content (AvgIpc) is 2.83. The minimum atomic E-state index is -1.01. The number of hydrogen-bond acceptors (Lipinski definition) is 5. The topological polar surface area (TPSA) is 94.5 Å². The average molecular weight is 507 g/mol. The van der Waals surface area contributed by atoms with Gasteiger partial charge < -0.3 is 10.1 Å². The van der Waals surface area contributed by atoms with E-state index in [1.807, 2.05) is 44.2 Å². The van der Waals surface area contributed by atoms with E-state index in [0.717, 1.165) is 5.56 Å². The molecule has 1 aromatic heterocycles. The molecule has 8 heteroatoms. The third-order valence-electron chi connectivity index (χ3n) is 6.29. The number of methoxy groups -OCH3 is 1. The van der Waals surface area contributed by atoms with E-state index in [1.54, 1.807) is 24.3 Å². The van der Waals surface area contributed by atoms with Crippen molar-refractivity contribution in [3.63, 3.8) is 0 Å². The van der Waals surface area contributed by atoms with Gasteiger partial charge in [0, 0.05) is 34.8 Å². The summed E-state index contributed by atoms with van der Waals surface area (Å²) in [4.78, 5) is 52.6. The fraction of sp³-hybridized carbons (Fsp3) is 0.286. The first-order valence-corrected chi connectivity index (χ1v) is 12.0. The van der Waals surface area contributed by atoms with Gasteiger partial charge in [-0.2, -0.15) is 0 Å². The SMILES string of the molecule is COC(=O)[C@H](Cc1ccccc1)NC(=O)c1cc2c(n(-c3ccc(Cl)cc3)c1=O)CC(C)(C)CC2=O. The Kier molecular flexibility index (Phi) is 7.13. The Bertz CT molecular complexity index is 1380. The second kappa shape index (κ2) is 10.1. The van der Waals surface area contributed by atoms with Crippen molar-refractivity contribution >= 4 is 29.3 Å². The van der Waals surface area contributed by atoms with Crippen LogP contribution < -0.4 is 10.9 Å². The summed E-state index contributed by atoms with van der Waals surface area (Å²) in [5, 5.41) is 3.13. The normalized spacial score (nSPS) is 15.1. The van der Waals surface area contributed by atoms with Gasteiger partial charge in [-0.25, -0.2) is 4.79 Å². The lowest BCUT2D eigenvalue weighted by Gasteiger charge is -2.32. The number of fused-ring (bicyclic) bond motifs is 1. The Balaban J connectivity index is 1.80. The molecular weight excluding hydrogens is 480 g/mol. The van der Waals surface area contributed by atoms with E-state index in [-0.39, 0.29) is 23.2 Å². The van der Waals surface area contributed by atoms with E-state index >= 15 is 0 Å². The second-order valence-electron chi connectivity index (χ2n) is 9.72. The Morgan fingerprint density at radius 3 is 2.36 bits per heavy atom. The van der Waals surface area contributed by atoms with Crippen molar-refractivity contribution in [2.24, 2.45) is 5.41 Å². The van der Waals surface area contributed by atoms with Crippen molar-refractivity contribution in [3.8, 4) is 5.69 Å². The molecule has 36 heavy (non-hydrogen) atoms. The molecule has 1 atom stereocenters. The lowest BCUT2D eigenvalue weighted by atomic mass is 9.75. The number of ketones is 1. The van der Waals surface area contributed by atoms with Crippen molar-refractivity contribution < 1.29 is 19.1 Å². The molecule has 0 unspecified atom stereocenters. The zero-order valence-electron chi connectivity index (χ0n) is 20.3. The summed E-state index contributed by atoms with van der Waals surface area (Å²) in [5.41, 5.74) is 1.03. The van der Waals surface area contributed by atoms with Crippen LogP contribution in [0.2, 0.25) is 5.02 Å². The summed E-state index contributed by atoms with van der Waals surface area (Å²) in [5.74, 6) is -1.54. The van der Waals surface area contributed by atoms with Crippen LogP contribution in [0, 0.1) is 5.41 Å². The number of rotatable bonds is 6. The van der Waals surface area contributed by atoms with Crippen LogP contribution in [-0.4, -0.2) is 35.4 Å². The molecule has 0 spiro atoms. The van der Waals surface area contributed by atoms with Crippen LogP contribution in [0.25, 0.3) is 5.69 Å². The first-order chi connectivity index (χ1) is 17.1. The Hall–Kier alpha value is -3.71. The second-order valence-corrected chi connectivity index (χ2v) is 10.2. The summed E-state index contributed by atoms with van der Waals surface area (Å²) < 4.78 is 6.29. The predicted molar refractivity (Wildman–Crippen MR) is 137 cm³/mol. The number of ether oxygens (including phenoxy) is 1. The smallest absolute Gasteiger partial charge is 0.328 e. The number of esters is 1. The maximum Gasteiger partial charge on any atom is 0.328 e. The molecule has 3 aromatic rings. The van der Waals surface area contributed by atoms with Gasteiger partial charge in [-0.05, 0) is 47.7 Å². The molecule has 1 aliphatic carbocycles. The molecular formula is C28H27ClN2O5. The molecule has 2 aromatic carbocycles. The van der Waals surface area contributed by atoms with E-state index in [1.165, 1.54) is 17.7 Å². The maximum atomic E-state index is 13.7. The van der Waals surface area contributed by atoms with E-state index in [2.05, 4.69) is 5.32 Å². The van der Waals surface area contributed by atoms with E-state index in [4.69, 9.17) is 16.3 Å². The Morgan fingerprint density at radius 1 is 1.06 bits per heavy atom. The standard InChI is InChI=1S/C28H27ClN2O5/c1-28(2)15-23-20(24(32)16-28)14-21(26(34)31(23)19-11-9-18(29)10-12-19)25(33)30-22(27(35)36-3)13-17-7-5-4-6-8-17/h4-12,14,22H,13,15-16H2,1-3H3,(H,30,33)/t22-/m0/s1. The zero-order valence-corrected chi connectivity index (χ0v) is 21.1. The van der Waals surface area contributed by atoms with E-state index in [0.29, 0.717) is 34.8 Å². The number of hydrogen-bond donors (Lipinski definition) is 1. The maximum absolute atomic E-state index is 13.7. The largest absolute Gasteiger partial charge is 0.467 e. The number of Topliss-reactive ketones (excluding diaryl/α,β-unsaturated/α-hetero) is 1. The van der Waals surface area contributed by atoms with Gasteiger partial charge in [0.1, 0.15) is 11.6 Å². The fourth-order valence-corrected chi connectivity index (χ4v) is 4.69. The highest BCUT2D eigenvalue weighted by Gasteiger charge is 2.35. The quantitative estimate of drug-likeness (QED) is 0.507. The molecule has 0 radical (unpaired) electrons. The zero-order chi connectivity index (χ0) is 26.0. The third-order valence-corrected chi connectivity index (χ3v) is 6.54. The number of carbonyl (C=O) groups is 3. The molecule has 0 bridgehead atoms. The minimum Gasteiger partial charge on any atom is -0.467 e. The lowest BCUT2D eigenvalue weighted by molar-refractivity contribution is -0.142. The Morgan fingerprint density at radius 2 is 1.72 bits per heavy atom. The molecule has 0 aliphatic heterocycles. The van der Waals surface area contributed by atoms with Crippen LogP contribution in [0.15, 0.2) is 65.5 Å². The number of carbonyl (C=O) groups excluding carboxylic acids is 3. The fourth-order valence-electron chi connectivity index (χ4n) is 4.56. The van der Waals surface area contributed by atoms with Crippen molar-refractivity contribution in [2.45, 2.75) is 39.2 Å². The van der Waals surface area contributed by atoms with Gasteiger partial charge in [-0.1, -0.05) is 55.8 Å². The molecule has 0 saturated heterocycles. The molecule has 1 N–H and O–H groups in total. The van der Waals surface area contributed by atoms with Crippen LogP contribution in [-0.2, 0) is 22.4 Å². The van der Waals surface area contributed by atoms with E-state index < -0.39 is 23.5 Å². The van der Waals surface area contributed by atoms with Gasteiger partial charge in [-0.3, -0.25) is 19.0 Å². The van der Waals surface area contributed by atoms with Crippen LogP contribution in [0.5, 0.6) is 0 Å². The highest BCUT2D eigenvalue weighted by atomic mass is 35.5. The van der Waals surface area contributed by atoms with E-state index in [9.17, 15) is 19.2 Å². The number of amides is 1. The predicted octanol–water partition coefficient (Wildman–Crippen LogP) is 4.16. The molecule has 0 fully saturated rings. The van der Waals surface area contributed by atoms with Crippen LogP contribution >= 0.6 is 11.6 Å². The number of nitrogens with one attached hydrogen (secondary N) is 1. The molecule has 1 amide bonds. The molecule has 4 rings (SSSR count). The number of nitrogens with zero attached hydrogens (tertiary/aromatic N) is 1. The summed E-state index contributed by atoms with van der Waals surface area (Å²) in [6.45, 7) is 3.94. The summed E-state index contributed by atoms with van der Waals surface area (Å²) in [6, 6.07) is 16.1. The number of aromatic nitrogens is 1. The first-order valence-electron chi connectivity index (χ1n) is 11.6. The van der Waals surface area contributed by atoms with Crippen molar-refractivity contribution in [2.75, 3.05) is 7.11 Å². The molecule has 7 nitrogen and oxygen atoms in total. The molecule has 0 saturated carbocycles. The summed E-state index contributed by atoms with van der Waals surface area (Å²) in [7, 11) is 1.24. The van der Waals surface area contributed by atoms with Gasteiger partial charge in [-0.15, -0.1) is 0 Å². The summed E-state index contributed by atoms with van der Waals surface area (Å²) in [6.07, 6.45) is 0.952. The monoisotopic (exact) mass is 506 g/mol. The van der Waals surface area contributed by atoms with Crippen LogP contribution in [0.1, 0.15) is 52.2 Å². The first kappa shape index (κ1) is 25.4. The molecule has 1 heterocycles. The van der Waals surface area contributed by atoms with Gasteiger partial charge in [0.15, 0.2) is 5.78 Å². The molecule has 1 aliphatic rings. The minimum absolute atomic E-state index is 0.146. The van der Waals surface area contributed by atoms with Gasteiger partial charge in [0.05, 0.1) is 7.11 Å². The summed E-state index contributed by atoms with van der Waals surface area (Å²) >= 11 is 6.05. The van der Waals surface area contributed by atoms with Crippen molar-refractivity contribution in [1.82, 2.24) is 9.88 Å². The Labute approximate surface area is 214 Å². The number of halogens is 1. The third kappa shape index (κ3) is 5.26.